The van der Waals surface area contributed by atoms with Crippen LogP contribution in [-0.4, -0.2) is 34.7 Å². The highest BCUT2D eigenvalue weighted by Crippen LogP contribution is 2.32. The molecule has 1 aliphatic rings. The minimum Gasteiger partial charge on any atom is -0.369 e. The van der Waals surface area contributed by atoms with Crippen molar-refractivity contribution in [3.8, 4) is 0 Å². The smallest absolute Gasteiger partial charge is 0.282 e. The van der Waals surface area contributed by atoms with Crippen molar-refractivity contribution >= 4 is 29.1 Å². The number of carbonyl (C=O) groups excluding carboxylic acids is 2. The van der Waals surface area contributed by atoms with Crippen LogP contribution in [0.2, 0.25) is 5.02 Å². The molecule has 1 atom stereocenters. The molecule has 0 radical (unpaired) electrons. The van der Waals surface area contributed by atoms with Gasteiger partial charge in [0.2, 0.25) is 5.91 Å². The molecule has 112 valence electrons. The van der Waals surface area contributed by atoms with E-state index in [4.69, 9.17) is 17.3 Å². The average molecular weight is 312 g/mol. The van der Waals surface area contributed by atoms with Gasteiger partial charge < -0.3 is 10.6 Å². The molecule has 1 aromatic carbocycles. The number of nitro benzene ring substituents is 1. The summed E-state index contributed by atoms with van der Waals surface area (Å²) in [5.74, 6) is -1.01. The molecule has 0 aliphatic carbocycles. The molecule has 0 aromatic heterocycles. The molecule has 2 amide bonds. The number of nitro groups is 1. The lowest BCUT2D eigenvalue weighted by Crippen LogP contribution is -2.38. The molecule has 0 saturated carbocycles. The van der Waals surface area contributed by atoms with Gasteiger partial charge in [-0.15, -0.1) is 0 Å². The summed E-state index contributed by atoms with van der Waals surface area (Å²) in [4.78, 5) is 35.6. The first-order chi connectivity index (χ1) is 9.74. The number of likely N-dealkylation sites (tertiary alicyclic amines) is 1. The summed E-state index contributed by atoms with van der Waals surface area (Å²) >= 11 is 5.81. The molecule has 7 nitrogen and oxygen atoms in total. The Morgan fingerprint density at radius 2 is 2.14 bits per heavy atom. The van der Waals surface area contributed by atoms with E-state index in [2.05, 4.69) is 0 Å². The van der Waals surface area contributed by atoms with Crippen LogP contribution in [0, 0.1) is 15.5 Å². The third-order valence-corrected chi connectivity index (χ3v) is 3.98. The Hall–Kier alpha value is -2.15. The lowest BCUT2D eigenvalue weighted by Gasteiger charge is -2.21. The van der Waals surface area contributed by atoms with Crippen molar-refractivity contribution in [2.75, 3.05) is 13.1 Å². The third kappa shape index (κ3) is 2.82. The van der Waals surface area contributed by atoms with Crippen molar-refractivity contribution < 1.29 is 14.5 Å². The second kappa shape index (κ2) is 5.33. The molecule has 21 heavy (non-hydrogen) atoms. The Morgan fingerprint density at radius 1 is 1.48 bits per heavy atom. The topological polar surface area (TPSA) is 107 Å². The van der Waals surface area contributed by atoms with E-state index in [1.165, 1.54) is 23.1 Å². The number of nitrogens with two attached hydrogens (primary N) is 1. The highest BCUT2D eigenvalue weighted by atomic mass is 35.5. The Labute approximate surface area is 125 Å². The van der Waals surface area contributed by atoms with E-state index in [-0.39, 0.29) is 22.8 Å². The highest BCUT2D eigenvalue weighted by molar-refractivity contribution is 6.31. The van der Waals surface area contributed by atoms with Crippen molar-refractivity contribution in [1.29, 1.82) is 0 Å². The van der Waals surface area contributed by atoms with Crippen LogP contribution < -0.4 is 5.73 Å². The maximum Gasteiger partial charge on any atom is 0.282 e. The summed E-state index contributed by atoms with van der Waals surface area (Å²) < 4.78 is 0. The first kappa shape index (κ1) is 15.2. The largest absolute Gasteiger partial charge is 0.369 e. The van der Waals surface area contributed by atoms with Crippen LogP contribution in [0.25, 0.3) is 0 Å². The minimum atomic E-state index is -0.803. The monoisotopic (exact) mass is 311 g/mol. The second-order valence-corrected chi connectivity index (χ2v) is 5.76. The number of rotatable bonds is 3. The normalized spacial score (nSPS) is 21.3. The van der Waals surface area contributed by atoms with E-state index in [0.717, 1.165) is 0 Å². The van der Waals surface area contributed by atoms with E-state index in [1.807, 2.05) is 0 Å². The van der Waals surface area contributed by atoms with E-state index < -0.39 is 22.2 Å². The van der Waals surface area contributed by atoms with Gasteiger partial charge in [-0.2, -0.15) is 0 Å². The maximum absolute atomic E-state index is 12.4. The van der Waals surface area contributed by atoms with Gasteiger partial charge in [-0.05, 0) is 25.5 Å². The minimum absolute atomic E-state index is 0.0822. The Kier molecular flexibility index (Phi) is 3.87. The second-order valence-electron chi connectivity index (χ2n) is 5.32. The van der Waals surface area contributed by atoms with E-state index in [1.54, 1.807) is 6.92 Å². The van der Waals surface area contributed by atoms with Gasteiger partial charge in [0.1, 0.15) is 5.56 Å². The number of carbonyl (C=O) groups is 2. The molecule has 1 heterocycles. The summed E-state index contributed by atoms with van der Waals surface area (Å²) in [5, 5.41) is 11.2. The summed E-state index contributed by atoms with van der Waals surface area (Å²) in [6, 6.07) is 3.81. The summed E-state index contributed by atoms with van der Waals surface area (Å²) in [5.41, 5.74) is 4.14. The van der Waals surface area contributed by atoms with Gasteiger partial charge in [-0.3, -0.25) is 19.7 Å². The molecule has 2 N–H and O–H groups in total. The Morgan fingerprint density at radius 3 is 2.67 bits per heavy atom. The quantitative estimate of drug-likeness (QED) is 0.675. The molecule has 1 saturated heterocycles. The average Bonchev–Trinajstić information content (AvgIpc) is 2.81. The van der Waals surface area contributed by atoms with Gasteiger partial charge in [0.25, 0.3) is 11.6 Å². The molecule has 1 aromatic rings. The highest BCUT2D eigenvalue weighted by Gasteiger charge is 2.41. The van der Waals surface area contributed by atoms with Gasteiger partial charge in [0.05, 0.1) is 10.3 Å². The first-order valence-corrected chi connectivity index (χ1v) is 6.65. The summed E-state index contributed by atoms with van der Waals surface area (Å²) in [7, 11) is 0. The Bertz CT molecular complexity index is 634. The lowest BCUT2D eigenvalue weighted by molar-refractivity contribution is -0.385. The van der Waals surface area contributed by atoms with Gasteiger partial charge in [-0.25, -0.2) is 0 Å². The van der Waals surface area contributed by atoms with Crippen LogP contribution in [0.15, 0.2) is 18.2 Å². The van der Waals surface area contributed by atoms with Crippen LogP contribution in [0.4, 0.5) is 5.69 Å². The number of nitrogens with zero attached hydrogens (tertiary/aromatic N) is 2. The molecular formula is C13H14ClN3O4. The SMILES string of the molecule is CC1(C(N)=O)CCN(C(=O)c2cc(Cl)ccc2[N+](=O)[O-])C1. The van der Waals surface area contributed by atoms with Crippen LogP contribution in [-0.2, 0) is 4.79 Å². The standard InChI is InChI=1S/C13H14ClN3O4/c1-13(12(15)19)4-5-16(7-13)11(18)9-6-8(14)2-3-10(9)17(20)21/h2-3,6H,4-5,7H2,1H3,(H2,15,19). The summed E-state index contributed by atoms with van der Waals surface area (Å²) in [6.07, 6.45) is 0.433. The molecule has 8 heteroatoms. The maximum atomic E-state index is 12.4. The fourth-order valence-corrected chi connectivity index (χ4v) is 2.52. The molecule has 0 bridgehead atoms. The van der Waals surface area contributed by atoms with Gasteiger partial charge in [0, 0.05) is 24.2 Å². The predicted molar refractivity (Wildman–Crippen MR) is 75.9 cm³/mol. The van der Waals surface area contributed by atoms with E-state index >= 15 is 0 Å². The van der Waals surface area contributed by atoms with Crippen LogP contribution >= 0.6 is 11.6 Å². The lowest BCUT2D eigenvalue weighted by atomic mass is 9.89. The van der Waals surface area contributed by atoms with Crippen molar-refractivity contribution in [2.24, 2.45) is 11.1 Å². The number of hydrogen-bond donors (Lipinski definition) is 1. The molecule has 0 spiro atoms. The molecule has 2 rings (SSSR count). The number of halogens is 1. The van der Waals surface area contributed by atoms with E-state index in [0.29, 0.717) is 13.0 Å². The zero-order chi connectivity index (χ0) is 15.8. The fourth-order valence-electron chi connectivity index (χ4n) is 2.34. The van der Waals surface area contributed by atoms with Crippen LogP contribution in [0.1, 0.15) is 23.7 Å². The van der Waals surface area contributed by atoms with Crippen molar-refractivity contribution in [3.63, 3.8) is 0 Å². The molecular weight excluding hydrogens is 298 g/mol. The third-order valence-electron chi connectivity index (χ3n) is 3.74. The number of primary amides is 1. The molecule has 1 fully saturated rings. The first-order valence-electron chi connectivity index (χ1n) is 6.28. The van der Waals surface area contributed by atoms with Gasteiger partial charge in [0.15, 0.2) is 0 Å². The predicted octanol–water partition coefficient (Wildman–Crippen LogP) is 1.59. The number of hydrogen-bond acceptors (Lipinski definition) is 4. The molecule has 1 aliphatic heterocycles. The van der Waals surface area contributed by atoms with Crippen LogP contribution in [0.3, 0.4) is 0 Å². The van der Waals surface area contributed by atoms with Crippen LogP contribution in [0.5, 0.6) is 0 Å². The van der Waals surface area contributed by atoms with Crippen molar-refractivity contribution in [2.45, 2.75) is 13.3 Å². The van der Waals surface area contributed by atoms with Crippen molar-refractivity contribution in [3.05, 3.63) is 38.9 Å². The Balaban J connectivity index is 2.32. The number of amides is 2. The zero-order valence-corrected chi connectivity index (χ0v) is 12.1. The fraction of sp³-hybridized carbons (Fsp3) is 0.385. The number of benzene rings is 1. The van der Waals surface area contributed by atoms with Gasteiger partial charge in [-0.1, -0.05) is 11.6 Å². The summed E-state index contributed by atoms with van der Waals surface area (Å²) in [6.45, 7) is 2.14. The zero-order valence-electron chi connectivity index (χ0n) is 11.3. The van der Waals surface area contributed by atoms with Crippen molar-refractivity contribution in [1.82, 2.24) is 4.90 Å². The van der Waals surface area contributed by atoms with Gasteiger partial charge >= 0.3 is 0 Å². The molecule has 1 unspecified atom stereocenters. The van der Waals surface area contributed by atoms with E-state index in [9.17, 15) is 19.7 Å².